The van der Waals surface area contributed by atoms with E-state index in [1.165, 1.54) is 112 Å². The molecule has 0 spiro atoms. The van der Waals surface area contributed by atoms with E-state index in [2.05, 4.69) is 265 Å². The molecule has 0 atom stereocenters. The summed E-state index contributed by atoms with van der Waals surface area (Å²) in [6.45, 7) is 16.0. The van der Waals surface area contributed by atoms with Gasteiger partial charge in [0, 0.05) is 33.9 Å². The van der Waals surface area contributed by atoms with E-state index in [1.54, 1.807) is 0 Å². The number of aryl methyl sites for hydroxylation is 1. The zero-order valence-electron chi connectivity index (χ0n) is 39.6. The predicted molar refractivity (Wildman–Crippen MR) is 285 cm³/mol. The Morgan fingerprint density at radius 1 is 0.358 bits per heavy atom. The number of benzene rings is 9. The molecule has 0 radical (unpaired) electrons. The predicted octanol–water partition coefficient (Wildman–Crippen LogP) is 14.7. The van der Waals surface area contributed by atoms with Crippen LogP contribution in [0.1, 0.15) is 80.5 Å². The van der Waals surface area contributed by atoms with E-state index in [9.17, 15) is 0 Å². The molecule has 3 heteroatoms. The van der Waals surface area contributed by atoms with E-state index >= 15 is 0 Å². The van der Waals surface area contributed by atoms with Gasteiger partial charge in [-0.3, -0.25) is 0 Å². The van der Waals surface area contributed by atoms with Gasteiger partial charge in [0.2, 0.25) is 0 Å². The molecule has 0 aromatic heterocycles. The van der Waals surface area contributed by atoms with E-state index in [0.717, 1.165) is 0 Å². The molecule has 3 heterocycles. The van der Waals surface area contributed by atoms with Crippen molar-refractivity contribution in [3.05, 3.63) is 245 Å². The van der Waals surface area contributed by atoms with Crippen LogP contribution in [0.15, 0.2) is 206 Å². The average Bonchev–Trinajstić information content (AvgIpc) is 3.34. The SMILES string of the molecule is Cc1cc2c3c(c1)N(c1ccccc1-c1ccc(C(C)(C)C)cc1)c1cccc4c1B3c1c(cccc1C4(c1ccccc1)c1ccccc1)N2c1ccccc1-c1ccc(C(C)(C)C)cc1. The third-order valence-corrected chi connectivity index (χ3v) is 14.9. The molecular weight excluding hydrogens is 808 g/mol. The summed E-state index contributed by atoms with van der Waals surface area (Å²) in [7, 11) is 0. The first kappa shape index (κ1) is 41.1. The van der Waals surface area contributed by atoms with Gasteiger partial charge in [-0.2, -0.15) is 0 Å². The molecule has 67 heavy (non-hydrogen) atoms. The van der Waals surface area contributed by atoms with Gasteiger partial charge in [0.15, 0.2) is 0 Å². The van der Waals surface area contributed by atoms with Crippen molar-refractivity contribution in [2.75, 3.05) is 9.80 Å². The molecule has 324 valence electrons. The molecule has 3 aliphatic rings. The minimum Gasteiger partial charge on any atom is -0.311 e. The fourth-order valence-corrected chi connectivity index (χ4v) is 11.8. The third-order valence-electron chi connectivity index (χ3n) is 14.9. The van der Waals surface area contributed by atoms with Crippen LogP contribution < -0.4 is 26.2 Å². The normalized spacial score (nSPS) is 14.2. The van der Waals surface area contributed by atoms with E-state index in [-0.39, 0.29) is 17.5 Å². The Morgan fingerprint density at radius 2 is 0.731 bits per heavy atom. The van der Waals surface area contributed by atoms with Crippen LogP contribution in [0.4, 0.5) is 34.1 Å². The molecule has 0 amide bonds. The van der Waals surface area contributed by atoms with Crippen molar-refractivity contribution in [3.63, 3.8) is 0 Å². The fraction of sp³-hybridized carbons (Fsp3) is 0.156. The van der Waals surface area contributed by atoms with Crippen LogP contribution in [0.5, 0.6) is 0 Å². The molecule has 0 unspecified atom stereocenters. The molecule has 9 aromatic carbocycles. The lowest BCUT2D eigenvalue weighted by Gasteiger charge is -2.52. The Morgan fingerprint density at radius 3 is 1.13 bits per heavy atom. The molecule has 9 aromatic rings. The number of para-hydroxylation sites is 2. The number of anilines is 6. The minimum atomic E-state index is -0.614. The highest BCUT2D eigenvalue weighted by Gasteiger charge is 2.55. The van der Waals surface area contributed by atoms with Gasteiger partial charge in [-0.15, -0.1) is 0 Å². The highest BCUT2D eigenvalue weighted by atomic mass is 15.2. The second-order valence-electron chi connectivity index (χ2n) is 21.0. The molecule has 2 nitrogen and oxygen atoms in total. The molecule has 3 aliphatic heterocycles. The van der Waals surface area contributed by atoms with Crippen LogP contribution in [0.3, 0.4) is 0 Å². The number of rotatable bonds is 6. The summed E-state index contributed by atoms with van der Waals surface area (Å²) in [4.78, 5) is 5.23. The van der Waals surface area contributed by atoms with Gasteiger partial charge in [0.25, 0.3) is 6.71 Å². The second-order valence-corrected chi connectivity index (χ2v) is 21.0. The van der Waals surface area contributed by atoms with Gasteiger partial charge in [-0.05, 0) is 121 Å². The number of hydrogen-bond acceptors (Lipinski definition) is 2. The van der Waals surface area contributed by atoms with E-state index in [4.69, 9.17) is 0 Å². The molecule has 0 aliphatic carbocycles. The highest BCUT2D eigenvalue weighted by Crippen LogP contribution is 2.54. The average molecular weight is 863 g/mol. The fourth-order valence-electron chi connectivity index (χ4n) is 11.8. The molecular formula is C64H55BN2. The Hall–Kier alpha value is -7.36. The molecule has 0 saturated heterocycles. The van der Waals surface area contributed by atoms with Crippen molar-refractivity contribution in [2.45, 2.75) is 64.7 Å². The van der Waals surface area contributed by atoms with Gasteiger partial charge in [-0.1, -0.05) is 211 Å². The first-order chi connectivity index (χ1) is 32.4. The van der Waals surface area contributed by atoms with Gasteiger partial charge in [-0.25, -0.2) is 0 Å². The van der Waals surface area contributed by atoms with Crippen molar-refractivity contribution in [1.82, 2.24) is 0 Å². The van der Waals surface area contributed by atoms with Crippen LogP contribution in [-0.2, 0) is 16.2 Å². The lowest BCUT2D eigenvalue weighted by atomic mass is 9.28. The topological polar surface area (TPSA) is 6.48 Å². The van der Waals surface area contributed by atoms with Gasteiger partial charge in [0.1, 0.15) is 0 Å². The zero-order chi connectivity index (χ0) is 45.8. The highest BCUT2D eigenvalue weighted by molar-refractivity contribution is 7.01. The molecule has 12 rings (SSSR count). The summed E-state index contributed by atoms with van der Waals surface area (Å²) in [6, 6.07) is 78.4. The summed E-state index contributed by atoms with van der Waals surface area (Å²) in [5.41, 5.74) is 24.8. The van der Waals surface area contributed by atoms with Crippen LogP contribution in [-0.4, -0.2) is 6.71 Å². The lowest BCUT2D eigenvalue weighted by molar-refractivity contribution is 0.590. The minimum absolute atomic E-state index is 0.00693. The summed E-state index contributed by atoms with van der Waals surface area (Å²) in [5.74, 6) is 0. The molecule has 0 fully saturated rings. The van der Waals surface area contributed by atoms with E-state index < -0.39 is 5.41 Å². The molecule has 0 bridgehead atoms. The Kier molecular flexibility index (Phi) is 9.26. The summed E-state index contributed by atoms with van der Waals surface area (Å²) < 4.78 is 0. The lowest BCUT2D eigenvalue weighted by Crippen LogP contribution is -2.68. The van der Waals surface area contributed by atoms with E-state index in [0.29, 0.717) is 0 Å². The Balaban J connectivity index is 1.21. The quantitative estimate of drug-likeness (QED) is 0.154. The Labute approximate surface area is 397 Å². The zero-order valence-corrected chi connectivity index (χ0v) is 39.6. The maximum absolute atomic E-state index is 2.61. The first-order valence-electron chi connectivity index (χ1n) is 24.0. The maximum atomic E-state index is 2.61. The van der Waals surface area contributed by atoms with Gasteiger partial charge in [0.05, 0.1) is 16.8 Å². The Bertz CT molecular complexity index is 3150. The van der Waals surface area contributed by atoms with Crippen molar-refractivity contribution in [1.29, 1.82) is 0 Å². The van der Waals surface area contributed by atoms with Gasteiger partial charge < -0.3 is 9.80 Å². The second kappa shape index (κ2) is 15.1. The summed E-state index contributed by atoms with van der Waals surface area (Å²) in [5, 5.41) is 0. The standard InChI is InChI=1S/C64H55BN2/c1-42-40-57-61-58(41-42)67(54-29-17-15-25-50(54)44-34-38-46(39-35-44)63(5,6)7)56-31-19-27-52-60(56)65(61)59-51(64(52,47-20-10-8-11-21-47)48-22-12-9-13-23-48)26-18-30-55(59)66(57)53-28-16-14-24-49(53)43-32-36-45(37-33-43)62(2,3)4/h8-41H,1-7H3. The maximum Gasteiger partial charge on any atom is 0.253 e. The van der Waals surface area contributed by atoms with Crippen LogP contribution in [0.2, 0.25) is 0 Å². The number of hydrogen-bond donors (Lipinski definition) is 0. The third kappa shape index (κ3) is 6.17. The molecule has 0 N–H and O–H groups in total. The van der Waals surface area contributed by atoms with Crippen molar-refractivity contribution < 1.29 is 0 Å². The molecule has 0 saturated carbocycles. The van der Waals surface area contributed by atoms with Crippen LogP contribution >= 0.6 is 0 Å². The first-order valence-corrected chi connectivity index (χ1v) is 24.0. The van der Waals surface area contributed by atoms with Crippen molar-refractivity contribution >= 4 is 57.2 Å². The number of nitrogens with zero attached hydrogens (tertiary/aromatic N) is 2. The summed E-state index contributed by atoms with van der Waals surface area (Å²) >= 11 is 0. The van der Waals surface area contributed by atoms with Crippen molar-refractivity contribution in [3.8, 4) is 22.3 Å². The van der Waals surface area contributed by atoms with Crippen LogP contribution in [0.25, 0.3) is 22.3 Å². The monoisotopic (exact) mass is 862 g/mol. The van der Waals surface area contributed by atoms with E-state index in [1.807, 2.05) is 0 Å². The van der Waals surface area contributed by atoms with Crippen LogP contribution in [0, 0.1) is 6.92 Å². The largest absolute Gasteiger partial charge is 0.311 e. The smallest absolute Gasteiger partial charge is 0.253 e. The summed E-state index contributed by atoms with van der Waals surface area (Å²) in [6.07, 6.45) is 0. The van der Waals surface area contributed by atoms with Crippen molar-refractivity contribution in [2.24, 2.45) is 0 Å². The van der Waals surface area contributed by atoms with Gasteiger partial charge >= 0.3 is 0 Å².